The van der Waals surface area contributed by atoms with Crippen molar-refractivity contribution in [1.29, 1.82) is 0 Å². The highest BCUT2D eigenvalue weighted by atomic mass is 32.1. The van der Waals surface area contributed by atoms with E-state index in [1.807, 2.05) is 30.6 Å². The average molecular weight is 261 g/mol. The molecule has 4 nitrogen and oxygen atoms in total. The third-order valence-electron chi connectivity index (χ3n) is 2.47. The number of aryl methyl sites for hydroxylation is 1. The third kappa shape index (κ3) is 3.92. The van der Waals surface area contributed by atoms with Gasteiger partial charge in [-0.3, -0.25) is 9.78 Å². The van der Waals surface area contributed by atoms with E-state index in [1.54, 1.807) is 17.5 Å². The first-order valence-corrected chi connectivity index (χ1v) is 6.68. The summed E-state index contributed by atoms with van der Waals surface area (Å²) in [5.74, 6) is 0.0178. The number of thiazole rings is 1. The van der Waals surface area contributed by atoms with Crippen LogP contribution in [-0.4, -0.2) is 22.4 Å². The molecule has 2 heterocycles. The molecule has 0 unspecified atom stereocenters. The first kappa shape index (κ1) is 12.7. The number of carbonyl (C=O) groups excluding carboxylic acids is 1. The Morgan fingerprint density at radius 1 is 1.50 bits per heavy atom. The van der Waals surface area contributed by atoms with Gasteiger partial charge >= 0.3 is 0 Å². The molecule has 2 aromatic heterocycles. The zero-order chi connectivity index (χ0) is 12.8. The Labute approximate surface area is 110 Å². The molecule has 0 bridgehead atoms. The quantitative estimate of drug-likeness (QED) is 0.892. The van der Waals surface area contributed by atoms with Crippen molar-refractivity contribution in [2.24, 2.45) is 0 Å². The van der Waals surface area contributed by atoms with Crippen molar-refractivity contribution in [3.8, 4) is 0 Å². The molecule has 0 fully saturated rings. The van der Waals surface area contributed by atoms with E-state index >= 15 is 0 Å². The summed E-state index contributed by atoms with van der Waals surface area (Å²) < 4.78 is 0. The van der Waals surface area contributed by atoms with Crippen molar-refractivity contribution in [3.63, 3.8) is 0 Å². The smallest absolute Gasteiger partial charge is 0.226 e. The summed E-state index contributed by atoms with van der Waals surface area (Å²) in [5.41, 5.74) is 1.97. The van der Waals surface area contributed by atoms with E-state index in [4.69, 9.17) is 0 Å². The minimum absolute atomic E-state index is 0.0178. The van der Waals surface area contributed by atoms with Gasteiger partial charge in [0, 0.05) is 24.3 Å². The number of rotatable bonds is 5. The number of carbonyl (C=O) groups is 1. The maximum absolute atomic E-state index is 11.6. The number of pyridine rings is 1. The van der Waals surface area contributed by atoms with E-state index in [2.05, 4.69) is 15.3 Å². The number of amides is 1. The Morgan fingerprint density at radius 2 is 2.39 bits per heavy atom. The van der Waals surface area contributed by atoms with Crippen molar-refractivity contribution in [2.45, 2.75) is 19.8 Å². The van der Waals surface area contributed by atoms with Crippen LogP contribution in [-0.2, 0) is 17.6 Å². The first-order chi connectivity index (χ1) is 8.74. The molecule has 94 valence electrons. The van der Waals surface area contributed by atoms with Gasteiger partial charge in [0.2, 0.25) is 5.91 Å². The van der Waals surface area contributed by atoms with Gasteiger partial charge in [-0.05, 0) is 25.0 Å². The standard InChI is InChI=1S/C13H15N3OS/c1-10-16-12(9-18-10)7-13(17)15-6-4-11-3-2-5-14-8-11/h2-3,5,8-9H,4,6-7H2,1H3,(H,15,17). The highest BCUT2D eigenvalue weighted by molar-refractivity contribution is 7.09. The highest BCUT2D eigenvalue weighted by Crippen LogP contribution is 2.08. The minimum atomic E-state index is 0.0178. The lowest BCUT2D eigenvalue weighted by atomic mass is 10.2. The minimum Gasteiger partial charge on any atom is -0.355 e. The lowest BCUT2D eigenvalue weighted by Crippen LogP contribution is -2.27. The summed E-state index contributed by atoms with van der Waals surface area (Å²) >= 11 is 1.57. The fraction of sp³-hybridized carbons (Fsp3) is 0.308. The van der Waals surface area contributed by atoms with Gasteiger partial charge < -0.3 is 5.32 Å². The summed E-state index contributed by atoms with van der Waals surface area (Å²) in [5, 5.41) is 5.81. The van der Waals surface area contributed by atoms with E-state index in [9.17, 15) is 4.79 Å². The van der Waals surface area contributed by atoms with Gasteiger partial charge in [0.15, 0.2) is 0 Å². The van der Waals surface area contributed by atoms with Crippen LogP contribution in [0.15, 0.2) is 29.9 Å². The molecule has 0 spiro atoms. The van der Waals surface area contributed by atoms with Gasteiger partial charge in [0.25, 0.3) is 0 Å². The molecule has 0 saturated heterocycles. The van der Waals surface area contributed by atoms with Crippen molar-refractivity contribution in [3.05, 3.63) is 46.2 Å². The van der Waals surface area contributed by atoms with Crippen LogP contribution in [0.25, 0.3) is 0 Å². The van der Waals surface area contributed by atoms with Crippen molar-refractivity contribution >= 4 is 17.2 Å². The number of nitrogens with zero attached hydrogens (tertiary/aromatic N) is 2. The normalized spacial score (nSPS) is 10.3. The molecular weight excluding hydrogens is 246 g/mol. The molecule has 0 radical (unpaired) electrons. The highest BCUT2D eigenvalue weighted by Gasteiger charge is 2.05. The zero-order valence-electron chi connectivity index (χ0n) is 10.2. The fourth-order valence-electron chi connectivity index (χ4n) is 1.61. The van der Waals surface area contributed by atoms with Crippen molar-refractivity contribution < 1.29 is 4.79 Å². The lowest BCUT2D eigenvalue weighted by Gasteiger charge is -2.03. The van der Waals surface area contributed by atoms with Crippen LogP contribution in [0.2, 0.25) is 0 Å². The van der Waals surface area contributed by atoms with Gasteiger partial charge in [-0.2, -0.15) is 0 Å². The molecule has 1 amide bonds. The van der Waals surface area contributed by atoms with Gasteiger partial charge in [-0.1, -0.05) is 6.07 Å². The summed E-state index contributed by atoms with van der Waals surface area (Å²) in [6.07, 6.45) is 4.72. The van der Waals surface area contributed by atoms with Crippen LogP contribution in [0.1, 0.15) is 16.3 Å². The van der Waals surface area contributed by atoms with Gasteiger partial charge in [-0.25, -0.2) is 4.98 Å². The maximum atomic E-state index is 11.6. The molecule has 0 aliphatic carbocycles. The molecule has 0 aliphatic rings. The molecule has 0 saturated carbocycles. The topological polar surface area (TPSA) is 54.9 Å². The Bertz CT molecular complexity index is 510. The van der Waals surface area contributed by atoms with Crippen molar-refractivity contribution in [1.82, 2.24) is 15.3 Å². The summed E-state index contributed by atoms with van der Waals surface area (Å²) in [6.45, 7) is 2.57. The molecule has 2 aromatic rings. The fourth-order valence-corrected chi connectivity index (χ4v) is 2.22. The molecule has 0 atom stereocenters. The first-order valence-electron chi connectivity index (χ1n) is 5.80. The van der Waals surface area contributed by atoms with Gasteiger partial charge in [0.05, 0.1) is 17.1 Å². The van der Waals surface area contributed by atoms with Gasteiger partial charge in [0.1, 0.15) is 0 Å². The number of hydrogen-bond donors (Lipinski definition) is 1. The predicted octanol–water partition coefficient (Wildman–Crippen LogP) is 1.75. The Hall–Kier alpha value is -1.75. The lowest BCUT2D eigenvalue weighted by molar-refractivity contribution is -0.120. The summed E-state index contributed by atoms with van der Waals surface area (Å²) in [7, 11) is 0. The maximum Gasteiger partial charge on any atom is 0.226 e. The second kappa shape index (κ2) is 6.26. The Kier molecular flexibility index (Phi) is 4.41. The average Bonchev–Trinajstić information content (AvgIpc) is 2.76. The zero-order valence-corrected chi connectivity index (χ0v) is 11.0. The third-order valence-corrected chi connectivity index (χ3v) is 3.29. The van der Waals surface area contributed by atoms with Crippen LogP contribution < -0.4 is 5.32 Å². The van der Waals surface area contributed by atoms with Crippen molar-refractivity contribution in [2.75, 3.05) is 6.54 Å². The van der Waals surface area contributed by atoms with E-state index < -0.39 is 0 Å². The van der Waals surface area contributed by atoms with E-state index in [-0.39, 0.29) is 5.91 Å². The number of nitrogens with one attached hydrogen (secondary N) is 1. The largest absolute Gasteiger partial charge is 0.355 e. The second-order valence-electron chi connectivity index (χ2n) is 4.00. The Balaban J connectivity index is 1.72. The summed E-state index contributed by atoms with van der Waals surface area (Å²) in [6, 6.07) is 3.90. The molecule has 5 heteroatoms. The van der Waals surface area contributed by atoms with Crippen LogP contribution >= 0.6 is 11.3 Å². The molecule has 2 rings (SSSR count). The molecule has 1 N–H and O–H groups in total. The van der Waals surface area contributed by atoms with E-state index in [0.29, 0.717) is 13.0 Å². The van der Waals surface area contributed by atoms with Crippen LogP contribution in [0, 0.1) is 6.92 Å². The van der Waals surface area contributed by atoms with Crippen LogP contribution in [0.4, 0.5) is 0 Å². The van der Waals surface area contributed by atoms with E-state index in [0.717, 1.165) is 22.7 Å². The Morgan fingerprint density at radius 3 is 3.06 bits per heavy atom. The van der Waals surface area contributed by atoms with Crippen LogP contribution in [0.3, 0.4) is 0 Å². The predicted molar refractivity (Wildman–Crippen MR) is 71.5 cm³/mol. The molecule has 0 aliphatic heterocycles. The monoisotopic (exact) mass is 261 g/mol. The summed E-state index contributed by atoms with van der Waals surface area (Å²) in [4.78, 5) is 19.9. The second-order valence-corrected chi connectivity index (χ2v) is 5.06. The SMILES string of the molecule is Cc1nc(CC(=O)NCCc2cccnc2)cs1. The molecular formula is C13H15N3OS. The molecule has 18 heavy (non-hydrogen) atoms. The van der Waals surface area contributed by atoms with Crippen LogP contribution in [0.5, 0.6) is 0 Å². The number of aromatic nitrogens is 2. The number of hydrogen-bond acceptors (Lipinski definition) is 4. The van der Waals surface area contributed by atoms with E-state index in [1.165, 1.54) is 0 Å². The molecule has 0 aromatic carbocycles. The van der Waals surface area contributed by atoms with Gasteiger partial charge in [-0.15, -0.1) is 11.3 Å².